The fourth-order valence-electron chi connectivity index (χ4n) is 5.13. The van der Waals surface area contributed by atoms with Crippen LogP contribution in [0.4, 0.5) is 13.2 Å². The lowest BCUT2D eigenvalue weighted by molar-refractivity contribution is -0.274. The molecule has 0 radical (unpaired) electrons. The van der Waals surface area contributed by atoms with Gasteiger partial charge in [0.1, 0.15) is 5.75 Å². The van der Waals surface area contributed by atoms with Gasteiger partial charge in [0.05, 0.1) is 5.60 Å². The van der Waals surface area contributed by atoms with Crippen molar-refractivity contribution < 1.29 is 23.0 Å². The summed E-state index contributed by atoms with van der Waals surface area (Å²) in [6.45, 7) is 6.91. The van der Waals surface area contributed by atoms with Crippen molar-refractivity contribution in [3.8, 4) is 5.75 Å². The van der Waals surface area contributed by atoms with E-state index in [2.05, 4.69) is 28.5 Å². The predicted octanol–water partition coefficient (Wildman–Crippen LogP) is 5.23. The molecule has 0 spiro atoms. The van der Waals surface area contributed by atoms with Gasteiger partial charge in [-0.2, -0.15) is 0 Å². The third-order valence-corrected chi connectivity index (χ3v) is 6.94. The van der Waals surface area contributed by atoms with Crippen LogP contribution in [0.3, 0.4) is 0 Å². The van der Waals surface area contributed by atoms with Crippen LogP contribution in [0.25, 0.3) is 0 Å². The van der Waals surface area contributed by atoms with Gasteiger partial charge in [-0.1, -0.05) is 38.8 Å². The second-order valence-corrected chi connectivity index (χ2v) is 8.63. The van der Waals surface area contributed by atoms with Crippen LogP contribution in [0, 0.1) is 0 Å². The number of rotatable bonds is 5. The van der Waals surface area contributed by atoms with Gasteiger partial charge in [0, 0.05) is 37.6 Å². The van der Waals surface area contributed by atoms with E-state index in [1.54, 1.807) is 12.1 Å². The molecule has 1 aromatic carbocycles. The summed E-state index contributed by atoms with van der Waals surface area (Å²) < 4.78 is 42.0. The molecule has 0 aromatic heterocycles. The maximum Gasteiger partial charge on any atom is 0.573 e. The van der Waals surface area contributed by atoms with E-state index in [0.717, 1.165) is 45.3 Å². The van der Waals surface area contributed by atoms with Crippen molar-refractivity contribution in [3.05, 3.63) is 29.8 Å². The van der Waals surface area contributed by atoms with Crippen LogP contribution in [0.15, 0.2) is 24.3 Å². The zero-order valence-electron chi connectivity index (χ0n) is 18.4. The summed E-state index contributed by atoms with van der Waals surface area (Å²) in [4.78, 5) is 4.79. The molecule has 0 bridgehead atoms. The average molecular weight is 487 g/mol. The van der Waals surface area contributed by atoms with Crippen molar-refractivity contribution in [1.82, 2.24) is 9.80 Å². The molecule has 4 atom stereocenters. The zero-order chi connectivity index (χ0) is 21.2. The predicted molar refractivity (Wildman–Crippen MR) is 122 cm³/mol. The Kier molecular flexibility index (Phi) is 10.4. The monoisotopic (exact) mass is 486 g/mol. The normalized spacial score (nSPS) is 28.9. The first-order chi connectivity index (χ1) is 13.6. The number of piperazine rings is 1. The Bertz CT molecular complexity index is 695. The molecule has 9 heteroatoms. The van der Waals surface area contributed by atoms with E-state index < -0.39 is 12.0 Å². The van der Waals surface area contributed by atoms with E-state index >= 15 is 0 Å². The van der Waals surface area contributed by atoms with Gasteiger partial charge in [0.15, 0.2) is 0 Å². The number of nitrogens with zero attached hydrogens (tertiary/aromatic N) is 2. The van der Waals surface area contributed by atoms with E-state index in [0.29, 0.717) is 18.0 Å². The molecule has 1 saturated carbocycles. The molecule has 31 heavy (non-hydrogen) atoms. The highest BCUT2D eigenvalue weighted by molar-refractivity contribution is 5.85. The van der Waals surface area contributed by atoms with Crippen molar-refractivity contribution in [2.45, 2.75) is 75.9 Å². The molecule has 1 saturated heterocycles. The number of aliphatic hydroxyl groups is 1. The summed E-state index contributed by atoms with van der Waals surface area (Å²) >= 11 is 0. The quantitative estimate of drug-likeness (QED) is 0.617. The van der Waals surface area contributed by atoms with Gasteiger partial charge in [-0.3, -0.25) is 4.90 Å². The summed E-state index contributed by atoms with van der Waals surface area (Å²) in [6.07, 6.45) is -0.0845. The SMILES string of the molecule is CC[C@@H]1CN(C2CCCC[C@]2(O)C(C)c2cccc(OC(F)(F)F)c2)CCN1C.Cl.Cl. The second-order valence-electron chi connectivity index (χ2n) is 8.63. The summed E-state index contributed by atoms with van der Waals surface area (Å²) in [6, 6.07) is 6.56. The minimum atomic E-state index is -4.72. The Labute approximate surface area is 195 Å². The Morgan fingerprint density at radius 1 is 1.23 bits per heavy atom. The summed E-state index contributed by atoms with van der Waals surface area (Å²) in [5.41, 5.74) is -0.286. The topological polar surface area (TPSA) is 35.9 Å². The van der Waals surface area contributed by atoms with Crippen molar-refractivity contribution in [3.63, 3.8) is 0 Å². The van der Waals surface area contributed by atoms with Crippen LogP contribution in [-0.4, -0.2) is 65.6 Å². The lowest BCUT2D eigenvalue weighted by Gasteiger charge is -2.52. The van der Waals surface area contributed by atoms with Crippen LogP contribution in [0.2, 0.25) is 0 Å². The fraction of sp³-hybridized carbons (Fsp3) is 0.727. The minimum Gasteiger partial charge on any atom is -0.406 e. The van der Waals surface area contributed by atoms with E-state index in [1.165, 1.54) is 12.1 Å². The Morgan fingerprint density at radius 2 is 1.94 bits per heavy atom. The van der Waals surface area contributed by atoms with Crippen LogP contribution >= 0.6 is 24.8 Å². The molecule has 1 heterocycles. The first-order valence-electron chi connectivity index (χ1n) is 10.7. The smallest absolute Gasteiger partial charge is 0.406 e. The molecule has 1 N–H and O–H groups in total. The summed E-state index contributed by atoms with van der Waals surface area (Å²) in [5.74, 6) is -0.521. The molecule has 2 fully saturated rings. The number of hydrogen-bond donors (Lipinski definition) is 1. The summed E-state index contributed by atoms with van der Waals surface area (Å²) in [5, 5.41) is 11.8. The van der Waals surface area contributed by atoms with Gasteiger partial charge in [-0.05, 0) is 44.0 Å². The first kappa shape index (κ1) is 28.3. The third-order valence-electron chi connectivity index (χ3n) is 6.94. The number of alkyl halides is 3. The highest BCUT2D eigenvalue weighted by atomic mass is 35.5. The second kappa shape index (κ2) is 11.4. The zero-order valence-corrected chi connectivity index (χ0v) is 20.0. The Hall–Kier alpha value is -0.730. The molecule has 1 aliphatic heterocycles. The van der Waals surface area contributed by atoms with Crippen molar-refractivity contribution >= 4 is 24.8 Å². The molecule has 2 aliphatic rings. The number of ether oxygens (including phenoxy) is 1. The molecule has 0 amide bonds. The maximum atomic E-state index is 12.6. The third kappa shape index (κ3) is 6.64. The van der Waals surface area contributed by atoms with Crippen molar-refractivity contribution in [2.75, 3.05) is 26.7 Å². The molecule has 4 nitrogen and oxygen atoms in total. The standard InChI is InChI=1S/C22H33F3N2O2.2ClH/c1-4-18-15-27(13-12-26(18)3)20-10-5-6-11-21(20,28)16(2)17-8-7-9-19(14-17)29-22(23,24)25;;/h7-9,14,16,18,20,28H,4-6,10-13,15H2,1-3H3;2*1H/t16?,18-,20?,21+;;/m1../s1. The van der Waals surface area contributed by atoms with Gasteiger partial charge in [0.25, 0.3) is 0 Å². The molecular weight excluding hydrogens is 452 g/mol. The van der Waals surface area contributed by atoms with E-state index in [1.807, 2.05) is 6.92 Å². The largest absolute Gasteiger partial charge is 0.573 e. The Balaban J connectivity index is 0.00000240. The summed E-state index contributed by atoms with van der Waals surface area (Å²) in [7, 11) is 2.15. The fourth-order valence-corrected chi connectivity index (χ4v) is 5.13. The molecule has 180 valence electrons. The van der Waals surface area contributed by atoms with Gasteiger partial charge in [0.2, 0.25) is 0 Å². The molecular formula is C22H35Cl2F3N2O2. The number of likely N-dealkylation sites (N-methyl/N-ethyl adjacent to an activating group) is 1. The van der Waals surface area contributed by atoms with Crippen LogP contribution in [0.5, 0.6) is 5.75 Å². The molecule has 1 aliphatic carbocycles. The maximum absolute atomic E-state index is 12.6. The molecule has 1 aromatic rings. The minimum absolute atomic E-state index is 0. The van der Waals surface area contributed by atoms with Crippen LogP contribution in [0.1, 0.15) is 57.4 Å². The van der Waals surface area contributed by atoms with E-state index in [9.17, 15) is 18.3 Å². The van der Waals surface area contributed by atoms with Crippen LogP contribution < -0.4 is 4.74 Å². The van der Waals surface area contributed by atoms with Gasteiger partial charge in [-0.15, -0.1) is 38.0 Å². The Morgan fingerprint density at radius 3 is 2.58 bits per heavy atom. The highest BCUT2D eigenvalue weighted by Gasteiger charge is 2.47. The molecule has 2 unspecified atom stereocenters. The van der Waals surface area contributed by atoms with E-state index in [4.69, 9.17) is 0 Å². The first-order valence-corrected chi connectivity index (χ1v) is 10.7. The van der Waals surface area contributed by atoms with Gasteiger partial charge in [-0.25, -0.2) is 0 Å². The highest BCUT2D eigenvalue weighted by Crippen LogP contribution is 2.43. The lowest BCUT2D eigenvalue weighted by Crippen LogP contribution is -2.62. The average Bonchev–Trinajstić information content (AvgIpc) is 2.67. The van der Waals surface area contributed by atoms with Crippen LogP contribution in [-0.2, 0) is 0 Å². The van der Waals surface area contributed by atoms with E-state index in [-0.39, 0.29) is 42.5 Å². The van der Waals surface area contributed by atoms with Gasteiger partial charge < -0.3 is 14.7 Å². The van der Waals surface area contributed by atoms with Crippen molar-refractivity contribution in [1.29, 1.82) is 0 Å². The lowest BCUT2D eigenvalue weighted by atomic mass is 9.69. The number of benzene rings is 1. The van der Waals surface area contributed by atoms with Gasteiger partial charge >= 0.3 is 6.36 Å². The van der Waals surface area contributed by atoms with Crippen molar-refractivity contribution in [2.24, 2.45) is 0 Å². The number of hydrogen-bond acceptors (Lipinski definition) is 4. The number of halogens is 5. The molecule has 3 rings (SSSR count).